The number of unbranched alkanes of at least 4 members (excludes halogenated alkanes) is 2. The molecule has 0 rings (SSSR count). The van der Waals surface area contributed by atoms with Crippen LogP contribution < -0.4 is 0 Å². The molecule has 0 aliphatic carbocycles. The summed E-state index contributed by atoms with van der Waals surface area (Å²) in [4.78, 5) is 23.9. The summed E-state index contributed by atoms with van der Waals surface area (Å²) in [5, 5.41) is -0.766. The number of rotatable bonds is 6. The summed E-state index contributed by atoms with van der Waals surface area (Å²) >= 11 is 0. The van der Waals surface area contributed by atoms with Gasteiger partial charge < -0.3 is 9.47 Å². The molecule has 0 aliphatic heterocycles. The van der Waals surface area contributed by atoms with Gasteiger partial charge in [-0.25, -0.2) is 9.59 Å². The van der Waals surface area contributed by atoms with Crippen LogP contribution in [-0.2, 0) is 9.47 Å². The summed E-state index contributed by atoms with van der Waals surface area (Å²) in [5.41, 5.74) is 0. The first-order valence-corrected chi connectivity index (χ1v) is 8.00. The minimum absolute atomic E-state index is 0.383. The van der Waals surface area contributed by atoms with Crippen LogP contribution in [0.1, 0.15) is 39.5 Å². The molecule has 0 saturated heterocycles. The van der Waals surface area contributed by atoms with Gasteiger partial charge in [0.05, 0.1) is 14.2 Å². The molecule has 0 aromatic rings. The van der Waals surface area contributed by atoms with Crippen molar-refractivity contribution in [2.45, 2.75) is 39.5 Å². The summed E-state index contributed by atoms with van der Waals surface area (Å²) in [5.74, 6) is 1.17. The largest absolute Gasteiger partial charge is 0.462 e. The molecule has 0 aliphatic rings. The van der Waals surface area contributed by atoms with Crippen LogP contribution in [0, 0.1) is 0 Å². The molecule has 0 amide bonds. The monoisotopic (exact) mass is 264 g/mol. The molecule has 102 valence electrons. The van der Waals surface area contributed by atoms with Crippen LogP contribution in [0.25, 0.3) is 0 Å². The minimum Gasteiger partial charge on any atom is -0.462 e. The average Bonchev–Trinajstić information content (AvgIpc) is 2.37. The maximum atomic E-state index is 12.0. The molecule has 0 N–H and O–H groups in total. The van der Waals surface area contributed by atoms with Crippen LogP contribution in [0.2, 0.25) is 0 Å². The summed E-state index contributed by atoms with van der Waals surface area (Å²) in [7, 11) is 0.576. The lowest BCUT2D eigenvalue weighted by molar-refractivity contribution is 0.192. The molecule has 4 nitrogen and oxygen atoms in total. The molecule has 5 heteroatoms. The van der Waals surface area contributed by atoms with Crippen LogP contribution in [0.15, 0.2) is 0 Å². The molecule has 0 aromatic heterocycles. The maximum absolute atomic E-state index is 12.0. The normalized spacial score (nSPS) is 12.0. The molecule has 0 spiro atoms. The van der Waals surface area contributed by atoms with Crippen LogP contribution in [-0.4, -0.2) is 36.3 Å². The third-order valence-corrected chi connectivity index (χ3v) is 6.24. The van der Waals surface area contributed by atoms with E-state index in [1.165, 1.54) is 14.2 Å². The average molecular weight is 264 g/mol. The summed E-state index contributed by atoms with van der Waals surface area (Å²) in [6.45, 7) is 4.08. The van der Waals surface area contributed by atoms with Crippen LogP contribution in [0.3, 0.4) is 0 Å². The molecule has 17 heavy (non-hydrogen) atoms. The fourth-order valence-corrected chi connectivity index (χ4v) is 4.81. The van der Waals surface area contributed by atoms with Crippen molar-refractivity contribution in [1.29, 1.82) is 0 Å². The quantitative estimate of drug-likeness (QED) is 0.682. The van der Waals surface area contributed by atoms with E-state index in [1.807, 2.05) is 13.8 Å². The van der Waals surface area contributed by atoms with E-state index >= 15 is 0 Å². The van der Waals surface area contributed by atoms with Gasteiger partial charge >= 0.3 is 10.6 Å². The first kappa shape index (κ1) is 16.3. The lowest BCUT2D eigenvalue weighted by atomic mass is 10.4. The fourth-order valence-electron chi connectivity index (χ4n) is 1.60. The highest BCUT2D eigenvalue weighted by Crippen LogP contribution is 2.52. The smallest absolute Gasteiger partial charge is 0.359 e. The second kappa shape index (κ2) is 8.39. The molecular weight excluding hydrogens is 240 g/mol. The van der Waals surface area contributed by atoms with Crippen molar-refractivity contribution < 1.29 is 19.1 Å². The molecule has 0 heterocycles. The maximum Gasteiger partial charge on any atom is 0.359 e. The highest BCUT2D eigenvalue weighted by Gasteiger charge is 2.41. The molecule has 0 fully saturated rings. The first-order valence-electron chi connectivity index (χ1n) is 6.03. The Morgan fingerprint density at radius 1 is 0.882 bits per heavy atom. The van der Waals surface area contributed by atoms with Gasteiger partial charge in [-0.3, -0.25) is 0 Å². The zero-order chi connectivity index (χ0) is 13.3. The zero-order valence-corrected chi connectivity index (χ0v) is 12.1. The Morgan fingerprint density at radius 3 is 1.47 bits per heavy atom. The van der Waals surface area contributed by atoms with Crippen molar-refractivity contribution >= 4 is 20.6 Å². The molecule has 0 bridgehead atoms. The van der Waals surface area contributed by atoms with E-state index in [1.54, 1.807) is 0 Å². The highest BCUT2D eigenvalue weighted by molar-refractivity contribution is 8.55. The number of hydrogen-bond acceptors (Lipinski definition) is 4. The molecular formula is C12H24O4S. The Labute approximate surface area is 105 Å². The summed E-state index contributed by atoms with van der Waals surface area (Å²) in [6.07, 6.45) is 3.61. The molecule has 0 unspecified atom stereocenters. The lowest BCUT2D eigenvalue weighted by Crippen LogP contribution is -2.27. The SMILES string of the molecule is CCCCS(CCCC)(C(=O)OC)C(=O)OC. The Hall–Kier alpha value is -0.710. The topological polar surface area (TPSA) is 52.6 Å². The van der Waals surface area contributed by atoms with Crippen molar-refractivity contribution in [2.24, 2.45) is 0 Å². The van der Waals surface area contributed by atoms with E-state index in [2.05, 4.69) is 0 Å². The Kier molecular flexibility index (Phi) is 8.04. The van der Waals surface area contributed by atoms with E-state index in [0.29, 0.717) is 11.5 Å². The van der Waals surface area contributed by atoms with Gasteiger partial charge in [0.2, 0.25) is 0 Å². The standard InChI is InChI=1S/C12H24O4S/c1-5-7-9-17(10-8-6-2,11(13)15-3)12(14)16-4/h5-10H2,1-4H3. The third-order valence-electron chi connectivity index (χ3n) is 2.66. The number of hydrogen-bond donors (Lipinski definition) is 0. The van der Waals surface area contributed by atoms with Gasteiger partial charge in [-0.2, -0.15) is 0 Å². The van der Waals surface area contributed by atoms with Crippen molar-refractivity contribution in [3.8, 4) is 0 Å². The second-order valence-corrected chi connectivity index (χ2v) is 7.16. The number of carbonyl (C=O) groups excluding carboxylic acids is 2. The van der Waals surface area contributed by atoms with Gasteiger partial charge in [-0.1, -0.05) is 26.7 Å². The van der Waals surface area contributed by atoms with Crippen LogP contribution in [0.5, 0.6) is 0 Å². The second-order valence-electron chi connectivity index (χ2n) is 3.91. The summed E-state index contributed by atoms with van der Waals surface area (Å²) in [6, 6.07) is 0. The van der Waals surface area contributed by atoms with E-state index in [9.17, 15) is 9.59 Å². The predicted molar refractivity (Wildman–Crippen MR) is 72.0 cm³/mol. The Morgan fingerprint density at radius 2 is 1.24 bits per heavy atom. The number of carbonyl (C=O) groups is 2. The van der Waals surface area contributed by atoms with E-state index < -0.39 is 10.0 Å². The van der Waals surface area contributed by atoms with Crippen LogP contribution >= 0.6 is 10.0 Å². The van der Waals surface area contributed by atoms with Gasteiger partial charge in [-0.05, 0) is 34.4 Å². The molecule has 0 saturated carbocycles. The van der Waals surface area contributed by atoms with Crippen molar-refractivity contribution in [3.05, 3.63) is 0 Å². The number of methoxy groups -OCH3 is 2. The van der Waals surface area contributed by atoms with Gasteiger partial charge in [0, 0.05) is 0 Å². The lowest BCUT2D eigenvalue weighted by Gasteiger charge is -2.33. The summed E-state index contributed by atoms with van der Waals surface area (Å²) < 4.78 is 9.66. The molecule has 0 aromatic carbocycles. The fraction of sp³-hybridized carbons (Fsp3) is 0.833. The predicted octanol–water partition coefficient (Wildman–Crippen LogP) is 3.92. The van der Waals surface area contributed by atoms with Crippen molar-refractivity contribution in [1.82, 2.24) is 0 Å². The van der Waals surface area contributed by atoms with Crippen molar-refractivity contribution in [2.75, 3.05) is 25.7 Å². The van der Waals surface area contributed by atoms with Gasteiger partial charge in [-0.15, -0.1) is 0 Å². The third kappa shape index (κ3) is 4.22. The molecule has 0 radical (unpaired) electrons. The first-order chi connectivity index (χ1) is 8.08. The van der Waals surface area contributed by atoms with Crippen molar-refractivity contribution in [3.63, 3.8) is 0 Å². The molecule has 0 atom stereocenters. The zero-order valence-electron chi connectivity index (χ0n) is 11.3. The Bertz CT molecular complexity index is 227. The van der Waals surface area contributed by atoms with E-state index in [0.717, 1.165) is 25.7 Å². The minimum atomic E-state index is -2.10. The van der Waals surface area contributed by atoms with Gasteiger partial charge in [0.25, 0.3) is 0 Å². The Balaban J connectivity index is 5.04. The number of ether oxygens (including phenoxy) is 2. The van der Waals surface area contributed by atoms with Crippen LogP contribution in [0.4, 0.5) is 9.59 Å². The van der Waals surface area contributed by atoms with E-state index in [-0.39, 0.29) is 10.6 Å². The highest BCUT2D eigenvalue weighted by atomic mass is 32.3. The van der Waals surface area contributed by atoms with Gasteiger partial charge in [0.15, 0.2) is 0 Å². The van der Waals surface area contributed by atoms with E-state index in [4.69, 9.17) is 9.47 Å². The van der Waals surface area contributed by atoms with Gasteiger partial charge in [0.1, 0.15) is 0 Å².